The van der Waals surface area contributed by atoms with Crippen LogP contribution in [-0.2, 0) is 9.59 Å². The third kappa shape index (κ3) is 3.65. The standard InChI is InChI=1S/C22H25N3O4/c1-28-19-9-8-17(14-20(19)29-2)25-21(26)15-18(22(25)27)24-12-10-23(11-13-24)16-6-4-3-5-7-16/h3-9,14,18H,10-13,15H2,1-2H3/t18-/m1/s1. The molecule has 2 aromatic carbocycles. The first-order chi connectivity index (χ1) is 14.1. The number of amides is 2. The summed E-state index contributed by atoms with van der Waals surface area (Å²) >= 11 is 0. The van der Waals surface area contributed by atoms with Gasteiger partial charge in [-0.1, -0.05) is 18.2 Å². The molecule has 29 heavy (non-hydrogen) atoms. The molecule has 0 bridgehead atoms. The number of ether oxygens (including phenoxy) is 2. The van der Waals surface area contributed by atoms with Gasteiger partial charge < -0.3 is 14.4 Å². The Bertz CT molecular complexity index is 894. The van der Waals surface area contributed by atoms with E-state index in [0.717, 1.165) is 26.2 Å². The molecule has 1 atom stereocenters. The van der Waals surface area contributed by atoms with Crippen molar-refractivity contribution in [3.05, 3.63) is 48.5 Å². The molecule has 0 aliphatic carbocycles. The van der Waals surface area contributed by atoms with Gasteiger partial charge in [-0.05, 0) is 24.3 Å². The molecule has 2 heterocycles. The number of imide groups is 1. The Hall–Kier alpha value is -3.06. The van der Waals surface area contributed by atoms with Crippen LogP contribution >= 0.6 is 0 Å². The summed E-state index contributed by atoms with van der Waals surface area (Å²) in [4.78, 5) is 31.5. The number of para-hydroxylation sites is 1. The lowest BCUT2D eigenvalue weighted by atomic mass is 10.1. The lowest BCUT2D eigenvalue weighted by molar-refractivity contribution is -0.123. The second-order valence-electron chi connectivity index (χ2n) is 7.19. The molecular formula is C22H25N3O4. The third-order valence-corrected chi connectivity index (χ3v) is 5.62. The molecule has 4 rings (SSSR count). The molecule has 2 saturated heterocycles. The Morgan fingerprint density at radius 3 is 2.17 bits per heavy atom. The average molecular weight is 395 g/mol. The summed E-state index contributed by atoms with van der Waals surface area (Å²) in [5, 5.41) is 0. The Kier molecular flexibility index (Phi) is 5.40. The molecule has 2 aromatic rings. The van der Waals surface area contributed by atoms with E-state index in [4.69, 9.17) is 9.47 Å². The van der Waals surface area contributed by atoms with Gasteiger partial charge in [0.15, 0.2) is 11.5 Å². The molecule has 0 radical (unpaired) electrons. The van der Waals surface area contributed by atoms with Crippen molar-refractivity contribution in [3.63, 3.8) is 0 Å². The van der Waals surface area contributed by atoms with Gasteiger partial charge in [0.1, 0.15) is 0 Å². The van der Waals surface area contributed by atoms with Crippen LogP contribution in [0.25, 0.3) is 0 Å². The summed E-state index contributed by atoms with van der Waals surface area (Å²) in [5.41, 5.74) is 1.70. The number of piperazine rings is 1. The summed E-state index contributed by atoms with van der Waals surface area (Å²) in [6.45, 7) is 3.16. The van der Waals surface area contributed by atoms with E-state index in [2.05, 4.69) is 21.9 Å². The summed E-state index contributed by atoms with van der Waals surface area (Å²) in [7, 11) is 3.08. The topological polar surface area (TPSA) is 62.3 Å². The van der Waals surface area contributed by atoms with Crippen LogP contribution in [0.1, 0.15) is 6.42 Å². The third-order valence-electron chi connectivity index (χ3n) is 5.62. The van der Waals surface area contributed by atoms with Crippen molar-refractivity contribution in [2.75, 3.05) is 50.2 Å². The van der Waals surface area contributed by atoms with E-state index in [1.54, 1.807) is 25.3 Å². The Balaban J connectivity index is 1.46. The predicted octanol–water partition coefficient (Wildman–Crippen LogP) is 2.16. The van der Waals surface area contributed by atoms with Crippen molar-refractivity contribution in [2.24, 2.45) is 0 Å². The van der Waals surface area contributed by atoms with E-state index in [9.17, 15) is 9.59 Å². The van der Waals surface area contributed by atoms with E-state index in [-0.39, 0.29) is 18.2 Å². The van der Waals surface area contributed by atoms with E-state index in [1.807, 2.05) is 18.2 Å². The summed E-state index contributed by atoms with van der Waals surface area (Å²) in [5.74, 6) is 0.697. The minimum atomic E-state index is -0.409. The molecule has 0 saturated carbocycles. The van der Waals surface area contributed by atoms with Crippen LogP contribution in [0.3, 0.4) is 0 Å². The number of carbonyl (C=O) groups is 2. The maximum Gasteiger partial charge on any atom is 0.251 e. The van der Waals surface area contributed by atoms with Crippen LogP contribution in [0.2, 0.25) is 0 Å². The molecular weight excluding hydrogens is 370 g/mol. The van der Waals surface area contributed by atoms with E-state index in [0.29, 0.717) is 17.2 Å². The second-order valence-corrected chi connectivity index (χ2v) is 7.19. The molecule has 2 aliphatic rings. The van der Waals surface area contributed by atoms with Gasteiger partial charge >= 0.3 is 0 Å². The van der Waals surface area contributed by atoms with Gasteiger partial charge in [-0.15, -0.1) is 0 Å². The monoisotopic (exact) mass is 395 g/mol. The number of anilines is 2. The van der Waals surface area contributed by atoms with E-state index >= 15 is 0 Å². The number of rotatable bonds is 5. The normalized spacial score (nSPS) is 20.3. The number of benzene rings is 2. The maximum absolute atomic E-state index is 13.1. The van der Waals surface area contributed by atoms with E-state index in [1.165, 1.54) is 17.7 Å². The van der Waals surface area contributed by atoms with Crippen molar-refractivity contribution in [1.29, 1.82) is 0 Å². The largest absolute Gasteiger partial charge is 0.493 e. The highest BCUT2D eigenvalue weighted by molar-refractivity contribution is 6.22. The summed E-state index contributed by atoms with van der Waals surface area (Å²) in [6.07, 6.45) is 0.207. The smallest absolute Gasteiger partial charge is 0.251 e. The predicted molar refractivity (Wildman–Crippen MR) is 111 cm³/mol. The van der Waals surface area contributed by atoms with Crippen molar-refractivity contribution >= 4 is 23.2 Å². The van der Waals surface area contributed by atoms with Crippen LogP contribution in [0.5, 0.6) is 11.5 Å². The number of hydrogen-bond donors (Lipinski definition) is 0. The molecule has 7 heteroatoms. The minimum Gasteiger partial charge on any atom is -0.493 e. The fourth-order valence-electron chi connectivity index (χ4n) is 4.07. The average Bonchev–Trinajstić information content (AvgIpc) is 3.07. The SMILES string of the molecule is COc1ccc(N2C(=O)C[C@@H](N3CCN(c4ccccc4)CC3)C2=O)cc1OC. The summed E-state index contributed by atoms with van der Waals surface area (Å²) in [6, 6.07) is 14.9. The quantitative estimate of drug-likeness (QED) is 0.723. The second kappa shape index (κ2) is 8.13. The van der Waals surface area contributed by atoms with Gasteiger partial charge in [0, 0.05) is 37.9 Å². The first-order valence-electron chi connectivity index (χ1n) is 9.75. The molecule has 0 aromatic heterocycles. The molecule has 2 fully saturated rings. The zero-order valence-corrected chi connectivity index (χ0v) is 16.7. The molecule has 0 N–H and O–H groups in total. The van der Waals surface area contributed by atoms with Crippen LogP contribution in [0.15, 0.2) is 48.5 Å². The Labute approximate surface area is 170 Å². The number of carbonyl (C=O) groups excluding carboxylic acids is 2. The van der Waals surface area contributed by atoms with Crippen LogP contribution in [0.4, 0.5) is 11.4 Å². The summed E-state index contributed by atoms with van der Waals surface area (Å²) < 4.78 is 10.6. The first kappa shape index (κ1) is 19.3. The Morgan fingerprint density at radius 2 is 1.52 bits per heavy atom. The highest BCUT2D eigenvalue weighted by Crippen LogP contribution is 2.34. The number of nitrogens with zero attached hydrogens (tertiary/aromatic N) is 3. The molecule has 0 unspecified atom stereocenters. The zero-order valence-electron chi connectivity index (χ0n) is 16.7. The van der Waals surface area contributed by atoms with Gasteiger partial charge in [-0.25, -0.2) is 4.90 Å². The number of methoxy groups -OCH3 is 2. The highest BCUT2D eigenvalue weighted by atomic mass is 16.5. The van der Waals surface area contributed by atoms with Gasteiger partial charge in [0.2, 0.25) is 5.91 Å². The van der Waals surface area contributed by atoms with Crippen LogP contribution < -0.4 is 19.3 Å². The fourth-order valence-corrected chi connectivity index (χ4v) is 4.07. The maximum atomic E-state index is 13.1. The van der Waals surface area contributed by atoms with Gasteiger partial charge in [0.25, 0.3) is 5.91 Å². The van der Waals surface area contributed by atoms with Crippen molar-refractivity contribution in [2.45, 2.75) is 12.5 Å². The Morgan fingerprint density at radius 1 is 0.828 bits per heavy atom. The van der Waals surface area contributed by atoms with Gasteiger partial charge in [-0.2, -0.15) is 0 Å². The zero-order chi connectivity index (χ0) is 20.4. The van der Waals surface area contributed by atoms with Gasteiger partial charge in [-0.3, -0.25) is 14.5 Å². The number of hydrogen-bond acceptors (Lipinski definition) is 6. The lowest BCUT2D eigenvalue weighted by Gasteiger charge is -2.38. The first-order valence-corrected chi connectivity index (χ1v) is 9.75. The van der Waals surface area contributed by atoms with Crippen LogP contribution in [0, 0.1) is 0 Å². The molecule has 2 aliphatic heterocycles. The molecule has 152 valence electrons. The molecule has 2 amide bonds. The van der Waals surface area contributed by atoms with Crippen molar-refractivity contribution in [1.82, 2.24) is 4.90 Å². The van der Waals surface area contributed by atoms with Crippen molar-refractivity contribution in [3.8, 4) is 11.5 Å². The van der Waals surface area contributed by atoms with Crippen molar-refractivity contribution < 1.29 is 19.1 Å². The highest BCUT2D eigenvalue weighted by Gasteiger charge is 2.43. The lowest BCUT2D eigenvalue weighted by Crippen LogP contribution is -2.52. The molecule has 7 nitrogen and oxygen atoms in total. The van der Waals surface area contributed by atoms with E-state index < -0.39 is 6.04 Å². The van der Waals surface area contributed by atoms with Crippen LogP contribution in [-0.4, -0.2) is 63.2 Å². The minimum absolute atomic E-state index is 0.171. The fraction of sp³-hybridized carbons (Fsp3) is 0.364. The molecule has 0 spiro atoms. The van der Waals surface area contributed by atoms with Gasteiger partial charge in [0.05, 0.1) is 32.4 Å².